The quantitative estimate of drug-likeness (QED) is 0.247. The molecule has 0 aliphatic rings. The van der Waals surface area contributed by atoms with Crippen LogP contribution < -0.4 is 10.6 Å². The van der Waals surface area contributed by atoms with Crippen molar-refractivity contribution in [2.24, 2.45) is 4.99 Å². The van der Waals surface area contributed by atoms with E-state index in [4.69, 9.17) is 29.6 Å². The van der Waals surface area contributed by atoms with E-state index >= 15 is 0 Å². The predicted octanol–water partition coefficient (Wildman–Crippen LogP) is 5.76. The highest BCUT2D eigenvalue weighted by molar-refractivity contribution is 6.35. The Kier molecular flexibility index (Phi) is 6.97. The van der Waals surface area contributed by atoms with E-state index < -0.39 is 0 Å². The standard InChI is InChI=1S/C26H22Cl2N6O/c1-5-6-24(33(3)15-16-7-8-17(27)11-19(16)28)22-13-25(23(29-2)14-30-22)34(4)18-9-10-20-21(12-18)32-26(35)31-20/h1,6-14H,2,15H2,3-4H3,(H2,31,32,35)/b24-6-. The first-order valence-corrected chi connectivity index (χ1v) is 11.3. The van der Waals surface area contributed by atoms with E-state index in [1.807, 2.05) is 54.2 Å². The van der Waals surface area contributed by atoms with E-state index in [1.165, 1.54) is 0 Å². The summed E-state index contributed by atoms with van der Waals surface area (Å²) in [5.74, 6) is 2.60. The smallest absolute Gasteiger partial charge is 0.323 e. The molecule has 4 aromatic rings. The maximum absolute atomic E-state index is 11.7. The number of hydrogen-bond donors (Lipinski definition) is 2. The summed E-state index contributed by atoms with van der Waals surface area (Å²) in [6, 6.07) is 12.9. The van der Waals surface area contributed by atoms with Gasteiger partial charge in [-0.15, -0.1) is 6.42 Å². The Morgan fingerprint density at radius 1 is 1.17 bits per heavy atom. The van der Waals surface area contributed by atoms with Crippen LogP contribution in [0.5, 0.6) is 0 Å². The van der Waals surface area contributed by atoms with Crippen molar-refractivity contribution in [3.8, 4) is 12.3 Å². The highest BCUT2D eigenvalue weighted by atomic mass is 35.5. The number of nitrogens with one attached hydrogen (secondary N) is 2. The van der Waals surface area contributed by atoms with E-state index in [0.717, 1.165) is 28.2 Å². The molecule has 35 heavy (non-hydrogen) atoms. The molecule has 176 valence electrons. The maximum Gasteiger partial charge on any atom is 0.323 e. The number of anilines is 2. The zero-order valence-corrected chi connectivity index (χ0v) is 20.7. The average Bonchev–Trinajstić information content (AvgIpc) is 3.22. The molecule has 0 bridgehead atoms. The lowest BCUT2D eigenvalue weighted by Crippen LogP contribution is -2.18. The molecule has 2 aromatic carbocycles. The zero-order chi connectivity index (χ0) is 25.1. The number of rotatable bonds is 7. The van der Waals surface area contributed by atoms with Crippen LogP contribution in [-0.4, -0.2) is 40.7 Å². The molecular weight excluding hydrogens is 483 g/mol. The fourth-order valence-electron chi connectivity index (χ4n) is 3.79. The van der Waals surface area contributed by atoms with E-state index in [0.29, 0.717) is 33.5 Å². The number of terminal acetylenes is 1. The molecule has 7 nitrogen and oxygen atoms in total. The van der Waals surface area contributed by atoms with Crippen LogP contribution in [0.2, 0.25) is 10.0 Å². The minimum Gasteiger partial charge on any atom is -0.368 e. The number of aliphatic imine (C=N–C) groups is 1. The van der Waals surface area contributed by atoms with Gasteiger partial charge in [0, 0.05) is 42.4 Å². The first kappa shape index (κ1) is 24.1. The van der Waals surface area contributed by atoms with E-state index in [1.54, 1.807) is 24.4 Å². The molecule has 0 radical (unpaired) electrons. The molecular formula is C26H22Cl2N6O. The Hall–Kier alpha value is -3.99. The van der Waals surface area contributed by atoms with Crippen molar-refractivity contribution in [3.05, 3.63) is 86.5 Å². The molecule has 0 aliphatic carbocycles. The Labute approximate surface area is 212 Å². The lowest BCUT2D eigenvalue weighted by atomic mass is 10.1. The highest BCUT2D eigenvalue weighted by Gasteiger charge is 2.17. The van der Waals surface area contributed by atoms with Gasteiger partial charge in [-0.25, -0.2) is 4.79 Å². The van der Waals surface area contributed by atoms with Crippen LogP contribution in [0.1, 0.15) is 11.3 Å². The maximum atomic E-state index is 11.7. The van der Waals surface area contributed by atoms with Crippen LogP contribution in [0.15, 0.2) is 64.5 Å². The average molecular weight is 505 g/mol. The van der Waals surface area contributed by atoms with E-state index in [-0.39, 0.29) is 5.69 Å². The van der Waals surface area contributed by atoms with Crippen molar-refractivity contribution in [2.75, 3.05) is 19.0 Å². The van der Waals surface area contributed by atoms with Gasteiger partial charge >= 0.3 is 5.69 Å². The number of imidazole rings is 1. The summed E-state index contributed by atoms with van der Waals surface area (Å²) in [7, 11) is 3.82. The number of H-pyrrole nitrogens is 2. The number of nitrogens with zero attached hydrogens (tertiary/aromatic N) is 4. The summed E-state index contributed by atoms with van der Waals surface area (Å²) < 4.78 is 0. The van der Waals surface area contributed by atoms with Crippen LogP contribution >= 0.6 is 23.2 Å². The number of halogens is 2. The fourth-order valence-corrected chi connectivity index (χ4v) is 4.25. The number of aromatic amines is 2. The van der Waals surface area contributed by atoms with Gasteiger partial charge in [0.25, 0.3) is 0 Å². The SMILES string of the molecule is C#C/C=C(/c1cc(N(C)c2ccc3[nH]c(=O)[nH]c3c2)c(N=C)cn1)N(C)Cc1ccc(Cl)cc1Cl. The molecule has 0 spiro atoms. The summed E-state index contributed by atoms with van der Waals surface area (Å²) in [4.78, 5) is 29.8. The summed E-state index contributed by atoms with van der Waals surface area (Å²) in [6.45, 7) is 4.18. The van der Waals surface area contributed by atoms with Crippen LogP contribution in [-0.2, 0) is 6.54 Å². The molecule has 0 fully saturated rings. The van der Waals surface area contributed by atoms with Gasteiger partial charge in [0.15, 0.2) is 0 Å². The molecule has 0 aliphatic heterocycles. The molecule has 0 saturated carbocycles. The number of fused-ring (bicyclic) bond motifs is 1. The highest BCUT2D eigenvalue weighted by Crippen LogP contribution is 2.35. The molecule has 0 saturated heterocycles. The van der Waals surface area contributed by atoms with Crippen LogP contribution in [0.3, 0.4) is 0 Å². The lowest BCUT2D eigenvalue weighted by Gasteiger charge is -2.25. The Morgan fingerprint density at radius 3 is 2.66 bits per heavy atom. The van der Waals surface area contributed by atoms with Gasteiger partial charge < -0.3 is 19.8 Å². The number of benzene rings is 2. The van der Waals surface area contributed by atoms with Crippen molar-refractivity contribution in [1.82, 2.24) is 19.9 Å². The minimum absolute atomic E-state index is 0.257. The van der Waals surface area contributed by atoms with Crippen molar-refractivity contribution >= 4 is 63.7 Å². The normalized spacial score (nSPS) is 11.3. The van der Waals surface area contributed by atoms with Gasteiger partial charge in [0.2, 0.25) is 0 Å². The monoisotopic (exact) mass is 504 g/mol. The topological polar surface area (TPSA) is 80.4 Å². The van der Waals surface area contributed by atoms with Gasteiger partial charge in [-0.1, -0.05) is 35.2 Å². The molecule has 0 amide bonds. The summed E-state index contributed by atoms with van der Waals surface area (Å²) in [6.07, 6.45) is 8.96. The largest absolute Gasteiger partial charge is 0.368 e. The van der Waals surface area contributed by atoms with Crippen molar-refractivity contribution in [3.63, 3.8) is 0 Å². The predicted molar refractivity (Wildman–Crippen MR) is 145 cm³/mol. The number of pyridine rings is 1. The molecule has 2 N–H and O–H groups in total. The summed E-state index contributed by atoms with van der Waals surface area (Å²) in [5, 5.41) is 1.15. The third-order valence-corrected chi connectivity index (χ3v) is 6.18. The van der Waals surface area contributed by atoms with E-state index in [9.17, 15) is 4.79 Å². The molecule has 0 atom stereocenters. The van der Waals surface area contributed by atoms with Crippen LogP contribution in [0.4, 0.5) is 17.1 Å². The zero-order valence-electron chi connectivity index (χ0n) is 19.1. The Balaban J connectivity index is 1.71. The molecule has 2 aromatic heterocycles. The third-order valence-electron chi connectivity index (χ3n) is 5.60. The summed E-state index contributed by atoms with van der Waals surface area (Å²) >= 11 is 12.4. The lowest BCUT2D eigenvalue weighted by molar-refractivity contribution is 0.473. The number of aromatic nitrogens is 3. The van der Waals surface area contributed by atoms with Gasteiger partial charge in [0.1, 0.15) is 5.69 Å². The van der Waals surface area contributed by atoms with Gasteiger partial charge in [0.05, 0.1) is 34.3 Å². The van der Waals surface area contributed by atoms with Gasteiger partial charge in [-0.05, 0) is 48.7 Å². The molecule has 0 unspecified atom stereocenters. The number of hydrogen-bond acceptors (Lipinski definition) is 5. The van der Waals surface area contributed by atoms with Gasteiger partial charge in [-0.2, -0.15) is 0 Å². The molecule has 2 heterocycles. The minimum atomic E-state index is -0.257. The Bertz CT molecular complexity index is 1550. The second-order valence-corrected chi connectivity index (χ2v) is 8.72. The van der Waals surface area contributed by atoms with Crippen LogP contribution in [0.25, 0.3) is 16.7 Å². The molecule has 4 rings (SSSR count). The third kappa shape index (κ3) is 5.09. The molecule has 9 heteroatoms. The second-order valence-electron chi connectivity index (χ2n) is 7.87. The second kappa shape index (κ2) is 10.1. The Morgan fingerprint density at radius 2 is 1.94 bits per heavy atom. The van der Waals surface area contributed by atoms with E-state index in [2.05, 4.69) is 32.6 Å². The first-order valence-electron chi connectivity index (χ1n) is 10.5. The number of allylic oxidation sites excluding steroid dienone is 1. The van der Waals surface area contributed by atoms with Crippen molar-refractivity contribution in [2.45, 2.75) is 6.54 Å². The van der Waals surface area contributed by atoms with Crippen molar-refractivity contribution < 1.29 is 0 Å². The summed E-state index contributed by atoms with van der Waals surface area (Å²) in [5.41, 5.74) is 5.67. The van der Waals surface area contributed by atoms with Gasteiger partial charge in [-0.3, -0.25) is 9.98 Å². The fraction of sp³-hybridized carbons (Fsp3) is 0.115. The van der Waals surface area contributed by atoms with Crippen molar-refractivity contribution in [1.29, 1.82) is 0 Å². The first-order chi connectivity index (χ1) is 16.8. The van der Waals surface area contributed by atoms with Crippen LogP contribution in [0, 0.1) is 12.3 Å².